The van der Waals surface area contributed by atoms with E-state index in [1.54, 1.807) is 6.92 Å². The maximum absolute atomic E-state index is 10.7. The van der Waals surface area contributed by atoms with Gasteiger partial charge in [-0.1, -0.05) is 0 Å². The molecule has 19 heavy (non-hydrogen) atoms. The van der Waals surface area contributed by atoms with Gasteiger partial charge < -0.3 is 15.2 Å². The van der Waals surface area contributed by atoms with Gasteiger partial charge in [-0.15, -0.1) is 0 Å². The van der Waals surface area contributed by atoms with E-state index in [0.717, 1.165) is 0 Å². The summed E-state index contributed by atoms with van der Waals surface area (Å²) in [5, 5.41) is 23.2. The Morgan fingerprint density at radius 1 is 1.68 bits per heavy atom. The van der Waals surface area contributed by atoms with Crippen LogP contribution in [0.15, 0.2) is 10.7 Å². The summed E-state index contributed by atoms with van der Waals surface area (Å²) >= 11 is 3.28. The molecule has 1 heterocycles. The largest absolute Gasteiger partial charge is 0.391 e. The summed E-state index contributed by atoms with van der Waals surface area (Å²) < 4.78 is 5.37. The van der Waals surface area contributed by atoms with Crippen molar-refractivity contribution in [3.8, 4) is 0 Å². The molecule has 0 amide bonds. The number of pyridine rings is 1. The summed E-state index contributed by atoms with van der Waals surface area (Å²) in [6.45, 7) is 2.41. The third kappa shape index (κ3) is 4.41. The molecule has 1 unspecified atom stereocenters. The van der Waals surface area contributed by atoms with Crippen molar-refractivity contribution in [2.24, 2.45) is 0 Å². The minimum atomic E-state index is -0.546. The highest BCUT2D eigenvalue weighted by Gasteiger charge is 2.17. The number of nitro groups is 1. The zero-order valence-corrected chi connectivity index (χ0v) is 12.3. The van der Waals surface area contributed by atoms with Crippen molar-refractivity contribution in [2.45, 2.75) is 19.4 Å². The van der Waals surface area contributed by atoms with Crippen LogP contribution in [-0.4, -0.2) is 41.4 Å². The molecular weight excluding hydrogens is 318 g/mol. The number of ether oxygens (including phenoxy) is 1. The quantitative estimate of drug-likeness (QED) is 0.584. The minimum absolute atomic E-state index is 0.0307. The van der Waals surface area contributed by atoms with E-state index >= 15 is 0 Å². The van der Waals surface area contributed by atoms with Gasteiger partial charge in [-0.2, -0.15) is 0 Å². The van der Waals surface area contributed by atoms with Gasteiger partial charge in [0.05, 0.1) is 22.1 Å². The number of hydrogen-bond acceptors (Lipinski definition) is 6. The van der Waals surface area contributed by atoms with Crippen molar-refractivity contribution in [3.63, 3.8) is 0 Å². The summed E-state index contributed by atoms with van der Waals surface area (Å²) in [4.78, 5) is 14.3. The number of aliphatic hydroxyl groups excluding tert-OH is 1. The molecule has 0 aromatic carbocycles. The molecule has 0 saturated carbocycles. The molecule has 1 aromatic rings. The second-order valence-electron chi connectivity index (χ2n) is 4.01. The van der Waals surface area contributed by atoms with Crippen LogP contribution in [-0.2, 0) is 4.74 Å². The van der Waals surface area contributed by atoms with E-state index < -0.39 is 11.0 Å². The van der Waals surface area contributed by atoms with Crippen molar-refractivity contribution in [1.82, 2.24) is 4.98 Å². The van der Waals surface area contributed by atoms with Crippen LogP contribution in [0, 0.1) is 17.0 Å². The fraction of sp³-hybridized carbons (Fsp3) is 0.545. The van der Waals surface area contributed by atoms with Crippen molar-refractivity contribution in [3.05, 3.63) is 26.3 Å². The molecule has 8 heteroatoms. The number of nitrogens with zero attached hydrogens (tertiary/aromatic N) is 2. The second kappa shape index (κ2) is 7.37. The SMILES string of the molecule is COCC(O)CCNc1ncc([N+](=O)[O-])c(C)c1Br. The fourth-order valence-corrected chi connectivity index (χ4v) is 1.96. The summed E-state index contributed by atoms with van der Waals surface area (Å²) in [5.41, 5.74) is 0.483. The monoisotopic (exact) mass is 333 g/mol. The number of hydrogen-bond donors (Lipinski definition) is 2. The first-order valence-corrected chi connectivity index (χ1v) is 6.47. The average molecular weight is 334 g/mol. The Morgan fingerprint density at radius 3 is 2.95 bits per heavy atom. The molecule has 0 bridgehead atoms. The number of halogens is 1. The summed E-state index contributed by atoms with van der Waals surface area (Å²) in [5.74, 6) is 0.521. The molecule has 0 aliphatic carbocycles. The highest BCUT2D eigenvalue weighted by atomic mass is 79.9. The number of rotatable bonds is 7. The highest BCUT2D eigenvalue weighted by molar-refractivity contribution is 9.10. The van der Waals surface area contributed by atoms with Gasteiger partial charge in [-0.05, 0) is 29.3 Å². The number of aliphatic hydroxyl groups is 1. The predicted molar refractivity (Wildman–Crippen MR) is 74.3 cm³/mol. The second-order valence-corrected chi connectivity index (χ2v) is 4.81. The van der Waals surface area contributed by atoms with Crippen LogP contribution < -0.4 is 5.32 Å². The molecule has 7 nitrogen and oxygen atoms in total. The van der Waals surface area contributed by atoms with Gasteiger partial charge in [0.2, 0.25) is 0 Å². The van der Waals surface area contributed by atoms with Gasteiger partial charge in [-0.3, -0.25) is 10.1 Å². The van der Waals surface area contributed by atoms with Crippen LogP contribution in [0.5, 0.6) is 0 Å². The molecule has 2 N–H and O–H groups in total. The lowest BCUT2D eigenvalue weighted by molar-refractivity contribution is -0.385. The van der Waals surface area contributed by atoms with Crippen LogP contribution >= 0.6 is 15.9 Å². The lowest BCUT2D eigenvalue weighted by Gasteiger charge is -2.12. The third-order valence-corrected chi connectivity index (χ3v) is 3.53. The molecule has 0 aliphatic rings. The molecule has 1 atom stereocenters. The fourth-order valence-electron chi connectivity index (χ4n) is 1.51. The maximum atomic E-state index is 10.7. The van der Waals surface area contributed by atoms with E-state index in [1.165, 1.54) is 13.3 Å². The summed E-state index contributed by atoms with van der Waals surface area (Å²) in [7, 11) is 1.52. The Hall–Kier alpha value is -1.25. The van der Waals surface area contributed by atoms with Crippen molar-refractivity contribution in [1.29, 1.82) is 0 Å². The van der Waals surface area contributed by atoms with Crippen LogP contribution in [0.4, 0.5) is 11.5 Å². The van der Waals surface area contributed by atoms with E-state index in [4.69, 9.17) is 4.74 Å². The standard InChI is InChI=1S/C11H16BrN3O4/c1-7-9(15(17)18)5-14-11(10(7)12)13-4-3-8(16)6-19-2/h5,8,16H,3-4,6H2,1-2H3,(H,13,14). The third-order valence-electron chi connectivity index (χ3n) is 2.56. The minimum Gasteiger partial charge on any atom is -0.391 e. The van der Waals surface area contributed by atoms with Gasteiger partial charge in [0, 0.05) is 19.2 Å². The lowest BCUT2D eigenvalue weighted by Crippen LogP contribution is -2.18. The van der Waals surface area contributed by atoms with Gasteiger partial charge in [0.1, 0.15) is 12.0 Å². The van der Waals surface area contributed by atoms with Crippen LogP contribution in [0.1, 0.15) is 12.0 Å². The van der Waals surface area contributed by atoms with E-state index in [-0.39, 0.29) is 12.3 Å². The van der Waals surface area contributed by atoms with E-state index in [9.17, 15) is 15.2 Å². The first-order chi connectivity index (χ1) is 8.97. The summed E-state index contributed by atoms with van der Waals surface area (Å²) in [6.07, 6.45) is 1.17. The summed E-state index contributed by atoms with van der Waals surface area (Å²) in [6, 6.07) is 0. The average Bonchev–Trinajstić information content (AvgIpc) is 2.34. The molecule has 1 rings (SSSR count). The van der Waals surface area contributed by atoms with Crippen LogP contribution in [0.25, 0.3) is 0 Å². The normalized spacial score (nSPS) is 12.2. The number of aromatic nitrogens is 1. The van der Waals surface area contributed by atoms with Crippen LogP contribution in [0.3, 0.4) is 0 Å². The lowest BCUT2D eigenvalue weighted by atomic mass is 10.2. The first kappa shape index (κ1) is 15.8. The Kier molecular flexibility index (Phi) is 6.13. The number of anilines is 1. The Labute approximate surface area is 119 Å². The molecule has 1 aromatic heterocycles. The topological polar surface area (TPSA) is 97.5 Å². The smallest absolute Gasteiger partial charge is 0.291 e. The van der Waals surface area contributed by atoms with Gasteiger partial charge >= 0.3 is 0 Å². The number of methoxy groups -OCH3 is 1. The van der Waals surface area contributed by atoms with Gasteiger partial charge in [-0.25, -0.2) is 4.98 Å². The van der Waals surface area contributed by atoms with Gasteiger partial charge in [0.25, 0.3) is 5.69 Å². The molecule has 0 radical (unpaired) electrons. The number of nitrogens with one attached hydrogen (secondary N) is 1. The molecule has 0 aliphatic heterocycles. The highest BCUT2D eigenvalue weighted by Crippen LogP contribution is 2.30. The van der Waals surface area contributed by atoms with Crippen LogP contribution in [0.2, 0.25) is 0 Å². The van der Waals surface area contributed by atoms with E-state index in [0.29, 0.717) is 28.8 Å². The first-order valence-electron chi connectivity index (χ1n) is 5.67. The molecule has 0 spiro atoms. The van der Waals surface area contributed by atoms with E-state index in [2.05, 4.69) is 26.2 Å². The predicted octanol–water partition coefficient (Wildman–Crippen LogP) is 1.87. The Morgan fingerprint density at radius 2 is 2.37 bits per heavy atom. The van der Waals surface area contributed by atoms with Crippen molar-refractivity contribution in [2.75, 3.05) is 25.6 Å². The Bertz CT molecular complexity index is 456. The zero-order valence-electron chi connectivity index (χ0n) is 10.7. The molecular formula is C11H16BrN3O4. The zero-order chi connectivity index (χ0) is 14.4. The molecule has 106 valence electrons. The maximum Gasteiger partial charge on any atom is 0.291 e. The Balaban J connectivity index is 2.65. The van der Waals surface area contributed by atoms with E-state index in [1.807, 2.05) is 0 Å². The van der Waals surface area contributed by atoms with Crippen molar-refractivity contribution >= 4 is 27.4 Å². The molecule has 0 fully saturated rings. The van der Waals surface area contributed by atoms with Crippen molar-refractivity contribution < 1.29 is 14.8 Å². The molecule has 0 saturated heterocycles. The van der Waals surface area contributed by atoms with Gasteiger partial charge in [0.15, 0.2) is 0 Å².